The van der Waals surface area contributed by atoms with Gasteiger partial charge in [0.2, 0.25) is 0 Å². The van der Waals surface area contributed by atoms with Gasteiger partial charge in [0.15, 0.2) is 6.10 Å². The van der Waals surface area contributed by atoms with Crippen molar-refractivity contribution in [2.75, 3.05) is 23.3 Å². The van der Waals surface area contributed by atoms with Gasteiger partial charge in [-0.2, -0.15) is 0 Å². The predicted molar refractivity (Wildman–Crippen MR) is 113 cm³/mol. The van der Waals surface area contributed by atoms with Crippen LogP contribution in [0.4, 0.5) is 11.4 Å². The number of sulfonamides is 1. The lowest BCUT2D eigenvalue weighted by molar-refractivity contribution is -0.122. The first kappa shape index (κ1) is 19.8. The maximum absolute atomic E-state index is 13.3. The highest BCUT2D eigenvalue weighted by Crippen LogP contribution is 2.37. The Morgan fingerprint density at radius 2 is 1.67 bits per heavy atom. The number of amides is 1. The fourth-order valence-electron chi connectivity index (χ4n) is 3.18. The average Bonchev–Trinajstić information content (AvgIpc) is 2.79. The largest absolute Gasteiger partial charge is 0.497 e. The summed E-state index contributed by atoms with van der Waals surface area (Å²) >= 11 is 0. The second kappa shape index (κ2) is 8.08. The van der Waals surface area contributed by atoms with E-state index in [4.69, 9.17) is 9.47 Å². The third kappa shape index (κ3) is 3.81. The van der Waals surface area contributed by atoms with Crippen LogP contribution in [0.15, 0.2) is 83.8 Å². The van der Waals surface area contributed by atoms with Crippen molar-refractivity contribution in [2.45, 2.75) is 11.0 Å². The van der Waals surface area contributed by atoms with E-state index in [0.717, 1.165) is 0 Å². The Kier molecular flexibility index (Phi) is 5.33. The number of hydrogen-bond acceptors (Lipinski definition) is 5. The minimum Gasteiger partial charge on any atom is -0.497 e. The third-order valence-corrected chi connectivity index (χ3v) is 6.51. The lowest BCUT2D eigenvalue weighted by atomic mass is 10.2. The van der Waals surface area contributed by atoms with Crippen LogP contribution in [0.25, 0.3) is 0 Å². The molecule has 30 heavy (non-hydrogen) atoms. The molecule has 3 aromatic carbocycles. The fraction of sp³-hybridized carbons (Fsp3) is 0.136. The van der Waals surface area contributed by atoms with E-state index in [0.29, 0.717) is 22.9 Å². The zero-order valence-corrected chi connectivity index (χ0v) is 17.0. The number of nitrogens with one attached hydrogen (secondary N) is 1. The Bertz CT molecular complexity index is 1150. The lowest BCUT2D eigenvalue weighted by Gasteiger charge is -2.34. The summed E-state index contributed by atoms with van der Waals surface area (Å²) < 4.78 is 38.7. The van der Waals surface area contributed by atoms with Crippen LogP contribution < -0.4 is 19.1 Å². The molecule has 154 valence electrons. The topological polar surface area (TPSA) is 84.9 Å². The molecule has 0 saturated carbocycles. The van der Waals surface area contributed by atoms with Gasteiger partial charge in [-0.15, -0.1) is 0 Å². The van der Waals surface area contributed by atoms with Crippen LogP contribution in [-0.2, 0) is 14.8 Å². The van der Waals surface area contributed by atoms with Crippen molar-refractivity contribution in [1.29, 1.82) is 0 Å². The van der Waals surface area contributed by atoms with Gasteiger partial charge >= 0.3 is 0 Å². The van der Waals surface area contributed by atoms with Crippen molar-refractivity contribution >= 4 is 27.3 Å². The van der Waals surface area contributed by atoms with Crippen LogP contribution in [0, 0.1) is 0 Å². The van der Waals surface area contributed by atoms with E-state index in [1.165, 1.54) is 16.4 Å². The molecule has 0 aliphatic carbocycles. The van der Waals surface area contributed by atoms with Gasteiger partial charge < -0.3 is 14.8 Å². The Hall–Kier alpha value is -3.52. The van der Waals surface area contributed by atoms with Gasteiger partial charge in [0.1, 0.15) is 11.5 Å². The number of nitrogens with zero attached hydrogens (tertiary/aromatic N) is 1. The summed E-state index contributed by atoms with van der Waals surface area (Å²) in [6.07, 6.45) is -1.01. The number of anilines is 2. The van der Waals surface area contributed by atoms with Gasteiger partial charge in [-0.3, -0.25) is 9.10 Å². The molecular weight excluding hydrogens is 404 g/mol. The zero-order valence-electron chi connectivity index (χ0n) is 16.2. The summed E-state index contributed by atoms with van der Waals surface area (Å²) in [5.74, 6) is 0.553. The van der Waals surface area contributed by atoms with Gasteiger partial charge in [0.25, 0.3) is 15.9 Å². The smallest absolute Gasteiger partial charge is 0.267 e. The Balaban J connectivity index is 1.63. The number of hydrogen-bond donors (Lipinski definition) is 1. The van der Waals surface area contributed by atoms with Gasteiger partial charge in [0, 0.05) is 5.69 Å². The molecule has 8 heteroatoms. The van der Waals surface area contributed by atoms with E-state index >= 15 is 0 Å². The SMILES string of the molecule is COc1ccc(NC(=O)[C@@H]2CN(S(=O)(=O)c3ccccc3)c3ccccc3O2)cc1. The molecule has 0 spiro atoms. The molecule has 7 nitrogen and oxygen atoms in total. The number of ether oxygens (including phenoxy) is 2. The summed E-state index contributed by atoms with van der Waals surface area (Å²) in [4.78, 5) is 13.0. The van der Waals surface area contributed by atoms with E-state index < -0.39 is 22.0 Å². The number of carbonyl (C=O) groups excluding carboxylic acids is 1. The summed E-state index contributed by atoms with van der Waals surface area (Å²) in [6.45, 7) is -0.143. The van der Waals surface area contributed by atoms with Crippen molar-refractivity contribution in [3.8, 4) is 11.5 Å². The molecule has 0 aromatic heterocycles. The van der Waals surface area contributed by atoms with Crippen molar-refractivity contribution in [3.05, 3.63) is 78.9 Å². The van der Waals surface area contributed by atoms with Crippen molar-refractivity contribution < 1.29 is 22.7 Å². The van der Waals surface area contributed by atoms with E-state index in [-0.39, 0.29) is 11.4 Å². The molecule has 1 aliphatic heterocycles. The second-order valence-corrected chi connectivity index (χ2v) is 8.50. The maximum atomic E-state index is 13.3. The van der Waals surface area contributed by atoms with Crippen LogP contribution in [0.2, 0.25) is 0 Å². The minimum absolute atomic E-state index is 0.143. The molecular formula is C22H20N2O5S. The summed E-state index contributed by atoms with van der Waals surface area (Å²) in [5, 5.41) is 2.76. The summed E-state index contributed by atoms with van der Waals surface area (Å²) in [5.41, 5.74) is 0.954. The van der Waals surface area contributed by atoms with Gasteiger partial charge in [0.05, 0.1) is 24.2 Å². The molecule has 1 atom stereocenters. The molecule has 0 fully saturated rings. The van der Waals surface area contributed by atoms with Crippen LogP contribution >= 0.6 is 0 Å². The first-order chi connectivity index (χ1) is 14.5. The highest BCUT2D eigenvalue weighted by Gasteiger charge is 2.37. The summed E-state index contributed by atoms with van der Waals surface area (Å²) in [6, 6.07) is 21.7. The van der Waals surface area contributed by atoms with Gasteiger partial charge in [-0.1, -0.05) is 30.3 Å². The molecule has 1 amide bonds. The number of methoxy groups -OCH3 is 1. The van der Waals surface area contributed by atoms with Crippen LogP contribution in [0.5, 0.6) is 11.5 Å². The maximum Gasteiger partial charge on any atom is 0.267 e. The lowest BCUT2D eigenvalue weighted by Crippen LogP contribution is -2.48. The van der Waals surface area contributed by atoms with Crippen LogP contribution in [0.3, 0.4) is 0 Å². The van der Waals surface area contributed by atoms with Crippen molar-refractivity contribution in [3.63, 3.8) is 0 Å². The Labute approximate surface area is 174 Å². The zero-order chi connectivity index (χ0) is 21.1. The molecule has 3 aromatic rings. The quantitative estimate of drug-likeness (QED) is 0.679. The van der Waals surface area contributed by atoms with Gasteiger partial charge in [-0.05, 0) is 48.5 Å². The fourth-order valence-corrected chi connectivity index (χ4v) is 4.68. The number of carbonyl (C=O) groups is 1. The molecule has 1 aliphatic rings. The standard InChI is InChI=1S/C22H20N2O5S/c1-28-17-13-11-16(12-14-17)23-22(25)21-15-24(19-9-5-6-10-20(19)29-21)30(26,27)18-7-3-2-4-8-18/h2-14,21H,15H2,1H3,(H,23,25)/t21-/m0/s1. The number of rotatable bonds is 5. The van der Waals surface area contributed by atoms with E-state index in [1.54, 1.807) is 73.8 Å². The molecule has 0 bridgehead atoms. The normalized spacial score (nSPS) is 15.6. The number of para-hydroxylation sites is 2. The predicted octanol–water partition coefficient (Wildman–Crippen LogP) is 3.29. The minimum atomic E-state index is -3.87. The molecule has 1 N–H and O–H groups in total. The van der Waals surface area contributed by atoms with Crippen molar-refractivity contribution in [2.24, 2.45) is 0 Å². The molecule has 1 heterocycles. The second-order valence-electron chi connectivity index (χ2n) is 6.64. The third-order valence-electron chi connectivity index (χ3n) is 4.72. The van der Waals surface area contributed by atoms with E-state index in [1.807, 2.05) is 0 Å². The Morgan fingerprint density at radius 1 is 1.00 bits per heavy atom. The van der Waals surface area contributed by atoms with Gasteiger partial charge in [-0.25, -0.2) is 8.42 Å². The van der Waals surface area contributed by atoms with E-state index in [2.05, 4.69) is 5.32 Å². The average molecular weight is 424 g/mol. The molecule has 4 rings (SSSR count). The van der Waals surface area contributed by atoms with Crippen LogP contribution in [0.1, 0.15) is 0 Å². The highest BCUT2D eigenvalue weighted by molar-refractivity contribution is 7.92. The highest BCUT2D eigenvalue weighted by atomic mass is 32.2. The Morgan fingerprint density at radius 3 is 2.37 bits per heavy atom. The first-order valence-corrected chi connectivity index (χ1v) is 10.7. The number of fused-ring (bicyclic) bond motifs is 1. The summed E-state index contributed by atoms with van der Waals surface area (Å²) in [7, 11) is -2.31. The molecule has 0 unspecified atom stereocenters. The first-order valence-electron chi connectivity index (χ1n) is 9.27. The van der Waals surface area contributed by atoms with Crippen LogP contribution in [-0.4, -0.2) is 34.1 Å². The monoisotopic (exact) mass is 424 g/mol. The number of benzene rings is 3. The van der Waals surface area contributed by atoms with E-state index in [9.17, 15) is 13.2 Å². The molecule has 0 radical (unpaired) electrons. The molecule has 0 saturated heterocycles. The van der Waals surface area contributed by atoms with Crippen molar-refractivity contribution in [1.82, 2.24) is 0 Å².